The minimum absolute atomic E-state index is 0.135. The van der Waals surface area contributed by atoms with Crippen LogP contribution in [0.25, 0.3) is 0 Å². The first-order valence-corrected chi connectivity index (χ1v) is 9.58. The Bertz CT molecular complexity index is 399. The molecule has 0 aromatic rings. The molecule has 0 spiro atoms. The van der Waals surface area contributed by atoms with Gasteiger partial charge in [0.25, 0.3) is 0 Å². The van der Waals surface area contributed by atoms with E-state index in [9.17, 15) is 9.90 Å². The summed E-state index contributed by atoms with van der Waals surface area (Å²) in [6.07, 6.45) is 21.1. The van der Waals surface area contributed by atoms with Crippen molar-refractivity contribution in [2.45, 2.75) is 77.2 Å². The van der Waals surface area contributed by atoms with Gasteiger partial charge in [0.05, 0.1) is 18.6 Å². The Kier molecular flexibility index (Phi) is 16.5. The van der Waals surface area contributed by atoms with E-state index in [4.69, 9.17) is 10.2 Å². The summed E-state index contributed by atoms with van der Waals surface area (Å²) in [6, 6.07) is 0. The van der Waals surface area contributed by atoms with Gasteiger partial charge in [0.1, 0.15) is 0 Å². The first-order chi connectivity index (χ1) is 12.1. The fourth-order valence-electron chi connectivity index (χ4n) is 2.58. The van der Waals surface area contributed by atoms with Gasteiger partial charge in [-0.3, -0.25) is 4.79 Å². The van der Waals surface area contributed by atoms with Crippen LogP contribution in [0.15, 0.2) is 36.5 Å². The van der Waals surface area contributed by atoms with E-state index in [1.807, 2.05) is 0 Å². The van der Waals surface area contributed by atoms with E-state index < -0.39 is 18.0 Å². The molecule has 0 aromatic carbocycles. The number of hydrogen-bond donors (Lipinski definition) is 3. The molecule has 2 atom stereocenters. The average Bonchev–Trinajstić information content (AvgIpc) is 2.60. The highest BCUT2D eigenvalue weighted by molar-refractivity contribution is 5.69. The third kappa shape index (κ3) is 15.9. The summed E-state index contributed by atoms with van der Waals surface area (Å²) >= 11 is 0. The molecule has 0 bridgehead atoms. The van der Waals surface area contributed by atoms with Crippen molar-refractivity contribution in [3.8, 4) is 0 Å². The zero-order valence-electron chi connectivity index (χ0n) is 15.6. The highest BCUT2D eigenvalue weighted by Gasteiger charge is 2.20. The van der Waals surface area contributed by atoms with Gasteiger partial charge in [-0.2, -0.15) is 0 Å². The number of aliphatic carboxylic acids is 1. The van der Waals surface area contributed by atoms with E-state index in [0.29, 0.717) is 6.42 Å². The molecule has 0 saturated carbocycles. The largest absolute Gasteiger partial charge is 0.481 e. The minimum Gasteiger partial charge on any atom is -0.481 e. The highest BCUT2D eigenvalue weighted by atomic mass is 16.4. The Hall–Kier alpha value is -1.39. The molecule has 0 radical (unpaired) electrons. The van der Waals surface area contributed by atoms with Gasteiger partial charge in [0, 0.05) is 0 Å². The molecule has 4 heteroatoms. The van der Waals surface area contributed by atoms with Gasteiger partial charge in [-0.05, 0) is 44.9 Å². The molecule has 0 aliphatic heterocycles. The lowest BCUT2D eigenvalue weighted by Crippen LogP contribution is -2.23. The molecular formula is C21H36O4. The van der Waals surface area contributed by atoms with E-state index >= 15 is 0 Å². The zero-order valence-corrected chi connectivity index (χ0v) is 15.6. The molecule has 3 N–H and O–H groups in total. The Morgan fingerprint density at radius 1 is 0.920 bits per heavy atom. The van der Waals surface area contributed by atoms with Gasteiger partial charge >= 0.3 is 5.97 Å². The Morgan fingerprint density at radius 3 is 2.12 bits per heavy atom. The Morgan fingerprint density at radius 2 is 1.52 bits per heavy atom. The summed E-state index contributed by atoms with van der Waals surface area (Å²) in [5.41, 5.74) is 0. The van der Waals surface area contributed by atoms with Gasteiger partial charge in [-0.25, -0.2) is 0 Å². The van der Waals surface area contributed by atoms with Crippen LogP contribution in [0, 0.1) is 5.92 Å². The van der Waals surface area contributed by atoms with Gasteiger partial charge in [-0.1, -0.05) is 62.6 Å². The van der Waals surface area contributed by atoms with Crippen molar-refractivity contribution in [1.82, 2.24) is 0 Å². The number of aliphatic hydroxyl groups is 2. The Balaban J connectivity index is 3.60. The van der Waals surface area contributed by atoms with Crippen molar-refractivity contribution in [2.24, 2.45) is 5.92 Å². The second-order valence-corrected chi connectivity index (χ2v) is 6.39. The van der Waals surface area contributed by atoms with Crippen molar-refractivity contribution in [1.29, 1.82) is 0 Å². The molecule has 0 aliphatic rings. The molecule has 4 nitrogen and oxygen atoms in total. The number of aliphatic hydroxyl groups excluding tert-OH is 2. The molecular weight excluding hydrogens is 316 g/mol. The highest BCUT2D eigenvalue weighted by Crippen LogP contribution is 2.17. The van der Waals surface area contributed by atoms with Crippen molar-refractivity contribution in [3.63, 3.8) is 0 Å². The van der Waals surface area contributed by atoms with Crippen LogP contribution in [0.2, 0.25) is 0 Å². The molecule has 0 fully saturated rings. The van der Waals surface area contributed by atoms with Gasteiger partial charge in [-0.15, -0.1) is 0 Å². The molecule has 0 heterocycles. The van der Waals surface area contributed by atoms with Crippen LogP contribution in [-0.4, -0.2) is 34.0 Å². The third-order valence-corrected chi connectivity index (χ3v) is 4.07. The standard InChI is InChI=1S/C21H36O4/c1-2-3-4-5-6-7-8-9-10-11-12-13-14-15-16-19(21(24)25)17-20(23)18-22/h3-4,6-7,9-10,19-20,22-23H,2,5,8,11-18H2,1H3,(H,24,25). The topological polar surface area (TPSA) is 77.8 Å². The summed E-state index contributed by atoms with van der Waals surface area (Å²) in [5.74, 6) is -1.44. The maximum absolute atomic E-state index is 11.1. The van der Waals surface area contributed by atoms with Crippen molar-refractivity contribution < 1.29 is 20.1 Å². The van der Waals surface area contributed by atoms with Gasteiger partial charge in [0.2, 0.25) is 0 Å². The van der Waals surface area contributed by atoms with Crippen LogP contribution >= 0.6 is 0 Å². The number of hydrogen-bond acceptors (Lipinski definition) is 3. The number of carboxylic acids is 1. The molecule has 2 unspecified atom stereocenters. The minimum atomic E-state index is -0.928. The first kappa shape index (κ1) is 23.6. The zero-order chi connectivity index (χ0) is 18.8. The van der Waals surface area contributed by atoms with Crippen LogP contribution < -0.4 is 0 Å². The quantitative estimate of drug-likeness (QED) is 0.279. The van der Waals surface area contributed by atoms with Crippen LogP contribution in [0.4, 0.5) is 0 Å². The van der Waals surface area contributed by atoms with Gasteiger partial charge < -0.3 is 15.3 Å². The van der Waals surface area contributed by atoms with Crippen molar-refractivity contribution >= 4 is 5.97 Å². The average molecular weight is 353 g/mol. The molecule has 0 aliphatic carbocycles. The first-order valence-electron chi connectivity index (χ1n) is 9.58. The van der Waals surface area contributed by atoms with Crippen LogP contribution in [0.1, 0.15) is 71.1 Å². The molecule has 0 saturated heterocycles. The van der Waals surface area contributed by atoms with E-state index in [1.54, 1.807) is 0 Å². The summed E-state index contributed by atoms with van der Waals surface area (Å²) in [6.45, 7) is 1.76. The SMILES string of the molecule is CCC=CCC=CCC=CCCCCCCC(CC(O)CO)C(=O)O. The molecule has 0 amide bonds. The predicted molar refractivity (Wildman–Crippen MR) is 103 cm³/mol. The van der Waals surface area contributed by atoms with E-state index in [2.05, 4.69) is 43.4 Å². The molecule has 25 heavy (non-hydrogen) atoms. The fourth-order valence-corrected chi connectivity index (χ4v) is 2.58. The molecule has 0 aromatic heterocycles. The lowest BCUT2D eigenvalue weighted by molar-refractivity contribution is -0.143. The summed E-state index contributed by atoms with van der Waals surface area (Å²) < 4.78 is 0. The van der Waals surface area contributed by atoms with E-state index in [0.717, 1.165) is 51.4 Å². The normalized spacial score (nSPS) is 14.7. The number of rotatable bonds is 16. The van der Waals surface area contributed by atoms with E-state index in [-0.39, 0.29) is 13.0 Å². The predicted octanol–water partition coefficient (Wildman–Crippen LogP) is 4.63. The fraction of sp³-hybridized carbons (Fsp3) is 0.667. The van der Waals surface area contributed by atoms with Gasteiger partial charge in [0.15, 0.2) is 0 Å². The Labute approximate surface area is 153 Å². The van der Waals surface area contributed by atoms with Crippen LogP contribution in [0.5, 0.6) is 0 Å². The lowest BCUT2D eigenvalue weighted by Gasteiger charge is -2.14. The monoisotopic (exact) mass is 352 g/mol. The smallest absolute Gasteiger partial charge is 0.306 e. The summed E-state index contributed by atoms with van der Waals surface area (Å²) in [7, 11) is 0. The van der Waals surface area contributed by atoms with Crippen molar-refractivity contribution in [2.75, 3.05) is 6.61 Å². The number of carboxylic acid groups (broad SMARTS) is 1. The molecule has 0 rings (SSSR count). The summed E-state index contributed by atoms with van der Waals surface area (Å²) in [4.78, 5) is 11.1. The summed E-state index contributed by atoms with van der Waals surface area (Å²) in [5, 5.41) is 27.3. The number of carbonyl (C=O) groups is 1. The third-order valence-electron chi connectivity index (χ3n) is 4.07. The number of allylic oxidation sites excluding steroid dienone is 6. The molecule has 144 valence electrons. The second kappa shape index (κ2) is 17.4. The lowest BCUT2D eigenvalue weighted by atomic mass is 9.95. The maximum Gasteiger partial charge on any atom is 0.306 e. The van der Waals surface area contributed by atoms with Crippen molar-refractivity contribution in [3.05, 3.63) is 36.5 Å². The van der Waals surface area contributed by atoms with Crippen LogP contribution in [0.3, 0.4) is 0 Å². The van der Waals surface area contributed by atoms with E-state index in [1.165, 1.54) is 0 Å². The maximum atomic E-state index is 11.1. The second-order valence-electron chi connectivity index (χ2n) is 6.39. The number of unbranched alkanes of at least 4 members (excludes halogenated alkanes) is 4. The van der Waals surface area contributed by atoms with Crippen LogP contribution in [-0.2, 0) is 4.79 Å².